The predicted molar refractivity (Wildman–Crippen MR) is 246 cm³/mol. The van der Waals surface area contributed by atoms with Gasteiger partial charge < -0.3 is 4.42 Å². The number of benzene rings is 9. The highest BCUT2D eigenvalue weighted by atomic mass is 32.1. The average molecular weight is 771 g/mol. The predicted octanol–water partition coefficient (Wildman–Crippen LogP) is 14.5. The van der Waals surface area contributed by atoms with E-state index in [1.54, 1.807) is 0 Å². The zero-order chi connectivity index (χ0) is 38.6. The third-order valence-corrected chi connectivity index (χ3v) is 13.0. The van der Waals surface area contributed by atoms with E-state index in [1.807, 2.05) is 47.7 Å². The van der Waals surface area contributed by atoms with E-state index >= 15 is 0 Å². The van der Waals surface area contributed by atoms with Gasteiger partial charge in [-0.3, -0.25) is 4.57 Å². The zero-order valence-corrected chi connectivity index (χ0v) is 32.2. The molecule has 0 aliphatic rings. The minimum Gasteiger partial charge on any atom is -0.456 e. The van der Waals surface area contributed by atoms with Crippen LogP contribution >= 0.6 is 11.3 Å². The molecule has 0 aliphatic carbocycles. The monoisotopic (exact) mass is 770 g/mol. The Labute approximate surface area is 341 Å². The molecule has 5 nitrogen and oxygen atoms in total. The molecule has 0 aliphatic heterocycles. The molecule has 0 unspecified atom stereocenters. The fourth-order valence-corrected chi connectivity index (χ4v) is 10.3. The smallest absolute Gasteiger partial charge is 0.238 e. The van der Waals surface area contributed by atoms with Crippen molar-refractivity contribution in [3.63, 3.8) is 0 Å². The van der Waals surface area contributed by atoms with E-state index in [4.69, 9.17) is 19.4 Å². The Balaban J connectivity index is 1.13. The summed E-state index contributed by atoms with van der Waals surface area (Å²) < 4.78 is 11.2. The molecular weight excluding hydrogens is 741 g/mol. The second-order valence-electron chi connectivity index (χ2n) is 15.2. The summed E-state index contributed by atoms with van der Waals surface area (Å²) in [6, 6.07) is 64.4. The first-order valence-electron chi connectivity index (χ1n) is 19.8. The molecule has 4 aromatic heterocycles. The highest BCUT2D eigenvalue weighted by Gasteiger charge is 2.23. The van der Waals surface area contributed by atoms with Gasteiger partial charge in [-0.2, -0.15) is 9.97 Å². The molecule has 0 bridgehead atoms. The maximum absolute atomic E-state index is 6.36. The summed E-state index contributed by atoms with van der Waals surface area (Å²) >= 11 is 1.85. The van der Waals surface area contributed by atoms with Gasteiger partial charge >= 0.3 is 0 Å². The van der Waals surface area contributed by atoms with Crippen molar-refractivity contribution in [2.24, 2.45) is 0 Å². The molecule has 6 heteroatoms. The summed E-state index contributed by atoms with van der Waals surface area (Å²) in [5.41, 5.74) is 7.76. The molecule has 0 saturated heterocycles. The molecule has 59 heavy (non-hydrogen) atoms. The number of nitrogens with zero attached hydrogens (tertiary/aromatic N) is 4. The van der Waals surface area contributed by atoms with E-state index in [0.29, 0.717) is 17.6 Å². The van der Waals surface area contributed by atoms with Crippen molar-refractivity contribution in [1.29, 1.82) is 0 Å². The number of thiophene rings is 1. The second kappa shape index (κ2) is 12.4. The summed E-state index contributed by atoms with van der Waals surface area (Å²) in [7, 11) is 0. The van der Waals surface area contributed by atoms with Gasteiger partial charge in [0.15, 0.2) is 11.6 Å². The zero-order valence-electron chi connectivity index (χ0n) is 31.4. The maximum atomic E-state index is 6.36. The molecule has 0 fully saturated rings. The van der Waals surface area contributed by atoms with Crippen LogP contribution in [0.4, 0.5) is 0 Å². The summed E-state index contributed by atoms with van der Waals surface area (Å²) in [6.07, 6.45) is 0. The minimum atomic E-state index is 0.551. The quantitative estimate of drug-likeness (QED) is 0.179. The van der Waals surface area contributed by atoms with Gasteiger partial charge in [0, 0.05) is 63.8 Å². The van der Waals surface area contributed by atoms with E-state index < -0.39 is 0 Å². The molecule has 0 saturated carbocycles. The van der Waals surface area contributed by atoms with Crippen LogP contribution in [0.3, 0.4) is 0 Å². The van der Waals surface area contributed by atoms with Crippen LogP contribution < -0.4 is 0 Å². The van der Waals surface area contributed by atoms with Gasteiger partial charge in [0.2, 0.25) is 5.95 Å². The van der Waals surface area contributed by atoms with Crippen molar-refractivity contribution in [3.8, 4) is 39.9 Å². The fraction of sp³-hybridized carbons (Fsp3) is 0. The normalized spacial score (nSPS) is 12.1. The fourth-order valence-electron chi connectivity index (χ4n) is 9.15. The number of fused-ring (bicyclic) bond motifs is 13. The van der Waals surface area contributed by atoms with Gasteiger partial charge in [-0.15, -0.1) is 11.3 Å². The first kappa shape index (κ1) is 32.4. The lowest BCUT2D eigenvalue weighted by Gasteiger charge is -2.14. The molecule has 0 atom stereocenters. The Morgan fingerprint density at radius 1 is 0.390 bits per heavy atom. The third-order valence-electron chi connectivity index (χ3n) is 11.8. The third kappa shape index (κ3) is 4.87. The molecule has 13 rings (SSSR count). The molecule has 9 aromatic carbocycles. The molecule has 13 aromatic rings. The van der Waals surface area contributed by atoms with Crippen LogP contribution in [0.15, 0.2) is 186 Å². The largest absolute Gasteiger partial charge is 0.456 e. The van der Waals surface area contributed by atoms with Crippen LogP contribution in [0.1, 0.15) is 0 Å². The van der Waals surface area contributed by atoms with Gasteiger partial charge in [0.1, 0.15) is 11.2 Å². The van der Waals surface area contributed by atoms with E-state index in [-0.39, 0.29) is 0 Å². The summed E-state index contributed by atoms with van der Waals surface area (Å²) in [5.74, 6) is 1.72. The van der Waals surface area contributed by atoms with Crippen molar-refractivity contribution in [2.75, 3.05) is 0 Å². The van der Waals surface area contributed by atoms with E-state index in [9.17, 15) is 0 Å². The van der Waals surface area contributed by atoms with E-state index in [2.05, 4.69) is 150 Å². The lowest BCUT2D eigenvalue weighted by molar-refractivity contribution is 0.669. The van der Waals surface area contributed by atoms with Crippen LogP contribution in [-0.2, 0) is 0 Å². The van der Waals surface area contributed by atoms with Crippen molar-refractivity contribution in [1.82, 2.24) is 19.5 Å². The maximum Gasteiger partial charge on any atom is 0.238 e. The van der Waals surface area contributed by atoms with Crippen molar-refractivity contribution in [2.45, 2.75) is 0 Å². The van der Waals surface area contributed by atoms with E-state index in [1.165, 1.54) is 30.9 Å². The number of rotatable bonds is 4. The number of furan rings is 1. The van der Waals surface area contributed by atoms with Crippen LogP contribution in [0.2, 0.25) is 0 Å². The number of hydrogen-bond donors (Lipinski definition) is 0. The van der Waals surface area contributed by atoms with Gasteiger partial charge in [-0.05, 0) is 58.1 Å². The van der Waals surface area contributed by atoms with Gasteiger partial charge in [0.05, 0.1) is 11.0 Å². The van der Waals surface area contributed by atoms with E-state index in [0.717, 1.165) is 76.8 Å². The van der Waals surface area contributed by atoms with Gasteiger partial charge in [0.25, 0.3) is 0 Å². The molecule has 0 N–H and O–H groups in total. The topological polar surface area (TPSA) is 56.7 Å². The summed E-state index contributed by atoms with van der Waals surface area (Å²) in [6.45, 7) is 0. The SMILES string of the molecule is c1ccc(-c2nc(-c3ccc4c(c3)oc3ccccc34)nc(-n3c4c(-c5ccc6sc7ccc8ccccc8c7c6c5)cccc4c4ccc5ccccc5c43)n2)cc1. The van der Waals surface area contributed by atoms with Gasteiger partial charge in [-0.25, -0.2) is 4.98 Å². The van der Waals surface area contributed by atoms with Crippen molar-refractivity contribution < 1.29 is 4.42 Å². The molecular formula is C53H30N4OS. The highest BCUT2D eigenvalue weighted by molar-refractivity contribution is 7.26. The number of hydrogen-bond acceptors (Lipinski definition) is 5. The molecule has 274 valence electrons. The van der Waals surface area contributed by atoms with Crippen LogP contribution in [0.25, 0.3) is 125 Å². The minimum absolute atomic E-state index is 0.551. The Morgan fingerprint density at radius 2 is 1.03 bits per heavy atom. The number of aromatic nitrogens is 4. The Bertz CT molecular complexity index is 3860. The Hall–Kier alpha value is -7.67. The average Bonchev–Trinajstić information content (AvgIpc) is 3.98. The highest BCUT2D eigenvalue weighted by Crippen LogP contribution is 2.44. The lowest BCUT2D eigenvalue weighted by atomic mass is 9.98. The van der Waals surface area contributed by atoms with Crippen LogP contribution in [-0.4, -0.2) is 19.5 Å². The standard InChI is InChI=1S/C53H30N4OS/c1-2-13-33(14-3-1)51-54-52(35-22-25-40-39-17-8-9-20-44(39)58-45(40)30-35)56-53(55-51)57-49-37-16-7-5-12-32(37)21-26-42(49)41-19-10-18-38(50(41)57)34-24-27-46-43(29-34)48-36-15-6-4-11-31(36)23-28-47(48)59-46/h1-30H. The van der Waals surface area contributed by atoms with Crippen molar-refractivity contribution in [3.05, 3.63) is 182 Å². The molecule has 0 spiro atoms. The van der Waals surface area contributed by atoms with Crippen LogP contribution in [0.5, 0.6) is 0 Å². The van der Waals surface area contributed by atoms with Gasteiger partial charge in [-0.1, -0.05) is 146 Å². The summed E-state index contributed by atoms with van der Waals surface area (Å²) in [4.78, 5) is 15.9. The van der Waals surface area contributed by atoms with Crippen LogP contribution in [0, 0.1) is 0 Å². The first-order valence-corrected chi connectivity index (χ1v) is 20.6. The first-order chi connectivity index (χ1) is 29.2. The number of para-hydroxylation sites is 2. The summed E-state index contributed by atoms with van der Waals surface area (Å²) in [5, 5.41) is 11.8. The van der Waals surface area contributed by atoms with Crippen molar-refractivity contribution >= 4 is 96.8 Å². The molecule has 0 amide bonds. The molecule has 0 radical (unpaired) electrons. The molecule has 4 heterocycles. The lowest BCUT2D eigenvalue weighted by Crippen LogP contribution is -2.07. The Kier molecular flexibility index (Phi) is 6.82. The Morgan fingerprint density at radius 3 is 1.92 bits per heavy atom. The second-order valence-corrected chi connectivity index (χ2v) is 16.2.